The Morgan fingerprint density at radius 3 is 3.06 bits per heavy atom. The minimum absolute atomic E-state index is 0.785. The summed E-state index contributed by atoms with van der Waals surface area (Å²) in [6.07, 6.45) is 2.60. The van der Waals surface area contributed by atoms with Crippen LogP contribution >= 0.6 is 0 Å². The van der Waals surface area contributed by atoms with Gasteiger partial charge in [0.1, 0.15) is 12.2 Å². The van der Waals surface area contributed by atoms with Crippen LogP contribution in [-0.4, -0.2) is 21.3 Å². The van der Waals surface area contributed by atoms with Gasteiger partial charge in [-0.15, -0.1) is 0 Å². The summed E-state index contributed by atoms with van der Waals surface area (Å²) in [4.78, 5) is 6.55. The number of nitrogens with two attached hydrogens (primary N) is 1. The highest BCUT2D eigenvalue weighted by atomic mass is 15.3. The average Bonchev–Trinajstić information content (AvgIpc) is 2.89. The summed E-state index contributed by atoms with van der Waals surface area (Å²) >= 11 is 0. The average molecular weight is 229 g/mol. The second kappa shape index (κ2) is 3.76. The van der Waals surface area contributed by atoms with Crippen molar-refractivity contribution in [1.82, 2.24) is 14.8 Å². The molecule has 5 nitrogen and oxygen atoms in total. The molecule has 2 aromatic rings. The molecule has 0 atom stereocenters. The molecular weight excluding hydrogens is 214 g/mol. The van der Waals surface area contributed by atoms with Crippen LogP contribution in [0.15, 0.2) is 24.5 Å². The first-order valence-corrected chi connectivity index (χ1v) is 5.71. The van der Waals surface area contributed by atoms with Crippen LogP contribution in [0, 0.1) is 0 Å². The maximum Gasteiger partial charge on any atom is 0.146 e. The molecule has 2 heterocycles. The largest absolute Gasteiger partial charge is 0.398 e. The monoisotopic (exact) mass is 229 g/mol. The highest BCUT2D eigenvalue weighted by Crippen LogP contribution is 2.32. The Balaban J connectivity index is 1.90. The molecule has 0 saturated carbocycles. The molecule has 0 aliphatic carbocycles. The zero-order chi connectivity index (χ0) is 11.8. The molecule has 0 fully saturated rings. The lowest BCUT2D eigenvalue weighted by molar-refractivity contribution is 0.677. The van der Waals surface area contributed by atoms with Crippen molar-refractivity contribution in [2.45, 2.75) is 13.0 Å². The third-order valence-corrected chi connectivity index (χ3v) is 3.30. The van der Waals surface area contributed by atoms with Crippen molar-refractivity contribution in [2.75, 3.05) is 17.2 Å². The van der Waals surface area contributed by atoms with Crippen molar-refractivity contribution in [3.63, 3.8) is 0 Å². The van der Waals surface area contributed by atoms with Crippen molar-refractivity contribution < 1.29 is 0 Å². The molecule has 0 saturated heterocycles. The van der Waals surface area contributed by atoms with Crippen LogP contribution in [0.4, 0.5) is 11.4 Å². The standard InChI is InChI=1S/C12H15N5/c1-16-12(14-8-15-16)7-17-6-5-9-10(13)3-2-4-11(9)17/h2-4,8H,5-7,13H2,1H3. The van der Waals surface area contributed by atoms with Crippen LogP contribution in [0.25, 0.3) is 0 Å². The lowest BCUT2D eigenvalue weighted by Gasteiger charge is -2.18. The van der Waals surface area contributed by atoms with E-state index >= 15 is 0 Å². The lowest BCUT2D eigenvalue weighted by atomic mass is 10.1. The molecule has 88 valence electrons. The van der Waals surface area contributed by atoms with Crippen molar-refractivity contribution in [1.29, 1.82) is 0 Å². The summed E-state index contributed by atoms with van der Waals surface area (Å²) < 4.78 is 1.81. The molecule has 0 bridgehead atoms. The number of anilines is 2. The lowest BCUT2D eigenvalue weighted by Crippen LogP contribution is -2.22. The van der Waals surface area contributed by atoms with E-state index in [9.17, 15) is 0 Å². The number of aromatic nitrogens is 3. The van der Waals surface area contributed by atoms with Gasteiger partial charge in [0.25, 0.3) is 0 Å². The molecule has 1 aliphatic heterocycles. The summed E-state index contributed by atoms with van der Waals surface area (Å²) in [6.45, 7) is 1.78. The Hall–Kier alpha value is -2.04. The van der Waals surface area contributed by atoms with Crippen LogP contribution in [0.1, 0.15) is 11.4 Å². The van der Waals surface area contributed by atoms with Crippen molar-refractivity contribution in [3.8, 4) is 0 Å². The summed E-state index contributed by atoms with van der Waals surface area (Å²) in [7, 11) is 1.92. The number of fused-ring (bicyclic) bond motifs is 1. The van der Waals surface area contributed by atoms with Gasteiger partial charge >= 0.3 is 0 Å². The van der Waals surface area contributed by atoms with Crippen LogP contribution in [0.3, 0.4) is 0 Å². The van der Waals surface area contributed by atoms with Gasteiger partial charge in [0, 0.05) is 30.5 Å². The molecule has 3 rings (SSSR count). The first kappa shape index (κ1) is 10.1. The number of nitrogens with zero attached hydrogens (tertiary/aromatic N) is 4. The summed E-state index contributed by atoms with van der Waals surface area (Å²) in [5.41, 5.74) is 9.36. The van der Waals surface area contributed by atoms with E-state index in [1.165, 1.54) is 11.3 Å². The first-order valence-electron chi connectivity index (χ1n) is 5.71. The number of hydrogen-bond donors (Lipinski definition) is 1. The van der Waals surface area contributed by atoms with E-state index in [2.05, 4.69) is 21.0 Å². The van der Waals surface area contributed by atoms with Gasteiger partial charge in [-0.1, -0.05) is 6.07 Å². The normalized spacial score (nSPS) is 14.1. The van der Waals surface area contributed by atoms with Crippen LogP contribution in [0.5, 0.6) is 0 Å². The number of rotatable bonds is 2. The minimum Gasteiger partial charge on any atom is -0.398 e. The SMILES string of the molecule is Cn1ncnc1CN1CCc2c(N)cccc21. The molecule has 1 aromatic carbocycles. The minimum atomic E-state index is 0.785. The maximum atomic E-state index is 5.98. The maximum absolute atomic E-state index is 5.98. The zero-order valence-electron chi connectivity index (χ0n) is 9.80. The van der Waals surface area contributed by atoms with Crippen molar-refractivity contribution in [2.24, 2.45) is 7.05 Å². The molecule has 0 radical (unpaired) electrons. The molecule has 0 amide bonds. The molecule has 2 N–H and O–H groups in total. The Labute approximate surface area is 99.9 Å². The number of nitrogen functional groups attached to an aromatic ring is 1. The van der Waals surface area contributed by atoms with E-state index in [4.69, 9.17) is 5.73 Å². The second-order valence-electron chi connectivity index (χ2n) is 4.32. The fourth-order valence-corrected chi connectivity index (χ4v) is 2.33. The fourth-order valence-electron chi connectivity index (χ4n) is 2.33. The fraction of sp³-hybridized carbons (Fsp3) is 0.333. The van der Waals surface area contributed by atoms with E-state index in [1.807, 2.05) is 23.9 Å². The Kier molecular flexibility index (Phi) is 2.24. The van der Waals surface area contributed by atoms with Crippen LogP contribution in [-0.2, 0) is 20.0 Å². The predicted molar refractivity (Wildman–Crippen MR) is 66.6 cm³/mol. The van der Waals surface area contributed by atoms with E-state index < -0.39 is 0 Å². The van der Waals surface area contributed by atoms with Gasteiger partial charge in [-0.3, -0.25) is 4.68 Å². The third kappa shape index (κ3) is 1.63. The van der Waals surface area contributed by atoms with Gasteiger partial charge in [0.15, 0.2) is 0 Å². The predicted octanol–water partition coefficient (Wildman–Crippen LogP) is 0.960. The highest BCUT2D eigenvalue weighted by molar-refractivity contribution is 5.68. The third-order valence-electron chi connectivity index (χ3n) is 3.30. The first-order chi connectivity index (χ1) is 8.25. The second-order valence-corrected chi connectivity index (χ2v) is 4.32. The molecular formula is C12H15N5. The van der Waals surface area contributed by atoms with Crippen LogP contribution < -0.4 is 10.6 Å². The van der Waals surface area contributed by atoms with E-state index in [0.29, 0.717) is 0 Å². The topological polar surface area (TPSA) is 60.0 Å². The van der Waals surface area contributed by atoms with E-state index in [-0.39, 0.29) is 0 Å². The molecule has 1 aromatic heterocycles. The zero-order valence-corrected chi connectivity index (χ0v) is 9.80. The molecule has 1 aliphatic rings. The Morgan fingerprint density at radius 2 is 2.29 bits per heavy atom. The Bertz CT molecular complexity index is 546. The van der Waals surface area contributed by atoms with Crippen molar-refractivity contribution >= 4 is 11.4 Å². The van der Waals surface area contributed by atoms with Gasteiger partial charge in [0.05, 0.1) is 6.54 Å². The molecule has 5 heteroatoms. The van der Waals surface area contributed by atoms with Gasteiger partial charge in [-0.25, -0.2) is 4.98 Å². The molecule has 0 unspecified atom stereocenters. The number of benzene rings is 1. The quantitative estimate of drug-likeness (QED) is 0.779. The molecule has 0 spiro atoms. The summed E-state index contributed by atoms with van der Waals surface area (Å²) in [5.74, 6) is 0.972. The Morgan fingerprint density at radius 1 is 1.41 bits per heavy atom. The van der Waals surface area contributed by atoms with Gasteiger partial charge in [-0.2, -0.15) is 5.10 Å². The van der Waals surface area contributed by atoms with E-state index in [1.54, 1.807) is 6.33 Å². The van der Waals surface area contributed by atoms with Crippen molar-refractivity contribution in [3.05, 3.63) is 35.9 Å². The van der Waals surface area contributed by atoms with E-state index in [0.717, 1.165) is 31.0 Å². The molecule has 17 heavy (non-hydrogen) atoms. The van der Waals surface area contributed by atoms with Gasteiger partial charge in [-0.05, 0) is 18.6 Å². The number of hydrogen-bond acceptors (Lipinski definition) is 4. The summed E-state index contributed by atoms with van der Waals surface area (Å²) in [6, 6.07) is 6.09. The smallest absolute Gasteiger partial charge is 0.146 e. The number of aryl methyl sites for hydroxylation is 1. The highest BCUT2D eigenvalue weighted by Gasteiger charge is 2.21. The summed E-state index contributed by atoms with van der Waals surface area (Å²) in [5, 5.41) is 4.09. The van der Waals surface area contributed by atoms with Crippen LogP contribution in [0.2, 0.25) is 0 Å². The van der Waals surface area contributed by atoms with Gasteiger partial charge < -0.3 is 10.6 Å². The van der Waals surface area contributed by atoms with Gasteiger partial charge in [0.2, 0.25) is 0 Å².